The Balaban J connectivity index is 1.51. The zero-order valence-corrected chi connectivity index (χ0v) is 12.4. The summed E-state index contributed by atoms with van der Waals surface area (Å²) in [5.41, 5.74) is 2.18. The van der Waals surface area contributed by atoms with Crippen LogP contribution in [-0.2, 0) is 17.8 Å². The first-order valence-corrected chi connectivity index (χ1v) is 7.78. The van der Waals surface area contributed by atoms with E-state index in [1.807, 2.05) is 54.6 Å². The average molecular weight is 296 g/mol. The maximum absolute atomic E-state index is 11.9. The van der Waals surface area contributed by atoms with E-state index in [1.165, 1.54) is 5.56 Å². The van der Waals surface area contributed by atoms with Gasteiger partial charge >= 0.3 is 0 Å². The van der Waals surface area contributed by atoms with Crippen molar-refractivity contribution >= 4 is 27.5 Å². The monoisotopic (exact) mass is 296 g/mol. The Kier molecular flexibility index (Phi) is 4.26. The molecule has 0 spiro atoms. The van der Waals surface area contributed by atoms with Crippen LogP contribution < -0.4 is 5.32 Å². The highest BCUT2D eigenvalue weighted by Crippen LogP contribution is 2.21. The zero-order chi connectivity index (χ0) is 14.5. The third-order valence-corrected chi connectivity index (χ3v) is 4.29. The van der Waals surface area contributed by atoms with E-state index in [0.29, 0.717) is 13.0 Å². The number of nitrogens with one attached hydrogen (secondary N) is 1. The molecule has 3 rings (SSSR count). The fourth-order valence-corrected chi connectivity index (χ4v) is 3.07. The fourth-order valence-electron chi connectivity index (χ4n) is 2.16. The Morgan fingerprint density at radius 1 is 1.05 bits per heavy atom. The number of carbonyl (C=O) groups excluding carboxylic acids is 1. The Morgan fingerprint density at radius 3 is 2.62 bits per heavy atom. The third kappa shape index (κ3) is 3.67. The van der Waals surface area contributed by atoms with Gasteiger partial charge in [-0.2, -0.15) is 0 Å². The zero-order valence-electron chi connectivity index (χ0n) is 11.6. The minimum atomic E-state index is 0.0677. The molecule has 0 unspecified atom stereocenters. The summed E-state index contributed by atoms with van der Waals surface area (Å²) < 4.78 is 1.16. The summed E-state index contributed by atoms with van der Waals surface area (Å²) in [6, 6.07) is 18.1. The molecule has 0 bridgehead atoms. The molecule has 1 heterocycles. The van der Waals surface area contributed by atoms with Gasteiger partial charge in [0.1, 0.15) is 5.01 Å². The molecule has 21 heavy (non-hydrogen) atoms. The number of carbonyl (C=O) groups is 1. The number of aromatic nitrogens is 1. The van der Waals surface area contributed by atoms with Crippen molar-refractivity contribution < 1.29 is 4.79 Å². The fraction of sp³-hybridized carbons (Fsp3) is 0.176. The molecule has 0 fully saturated rings. The van der Waals surface area contributed by atoms with Crippen molar-refractivity contribution in [2.24, 2.45) is 0 Å². The number of para-hydroxylation sites is 1. The molecular weight excluding hydrogens is 280 g/mol. The molecule has 1 N–H and O–H groups in total. The number of amides is 1. The van der Waals surface area contributed by atoms with Crippen LogP contribution in [0.1, 0.15) is 17.0 Å². The second-order valence-corrected chi connectivity index (χ2v) is 5.95. The van der Waals surface area contributed by atoms with E-state index in [-0.39, 0.29) is 5.91 Å². The Labute approximate surface area is 127 Å². The summed E-state index contributed by atoms with van der Waals surface area (Å²) >= 11 is 1.63. The van der Waals surface area contributed by atoms with Gasteiger partial charge in [-0.25, -0.2) is 4.98 Å². The molecule has 1 aromatic heterocycles. The van der Waals surface area contributed by atoms with Gasteiger partial charge in [0.25, 0.3) is 0 Å². The number of hydrogen-bond donors (Lipinski definition) is 1. The lowest BCUT2D eigenvalue weighted by Crippen LogP contribution is -2.22. The van der Waals surface area contributed by atoms with Gasteiger partial charge in [0, 0.05) is 6.42 Å². The van der Waals surface area contributed by atoms with Gasteiger partial charge in [-0.3, -0.25) is 4.79 Å². The smallest absolute Gasteiger partial charge is 0.220 e. The van der Waals surface area contributed by atoms with Crippen molar-refractivity contribution in [3.8, 4) is 0 Å². The molecule has 0 atom stereocenters. The highest BCUT2D eigenvalue weighted by atomic mass is 32.1. The highest BCUT2D eigenvalue weighted by molar-refractivity contribution is 7.18. The quantitative estimate of drug-likeness (QED) is 0.782. The number of hydrogen-bond acceptors (Lipinski definition) is 3. The molecule has 0 saturated carbocycles. The molecule has 0 aliphatic heterocycles. The van der Waals surface area contributed by atoms with Crippen LogP contribution in [0, 0.1) is 0 Å². The number of nitrogens with zero attached hydrogens (tertiary/aromatic N) is 1. The summed E-state index contributed by atoms with van der Waals surface area (Å²) in [6.45, 7) is 0.507. The van der Waals surface area contributed by atoms with E-state index in [2.05, 4.69) is 10.3 Å². The molecule has 3 nitrogen and oxygen atoms in total. The van der Waals surface area contributed by atoms with Crippen LogP contribution >= 0.6 is 11.3 Å². The third-order valence-electron chi connectivity index (χ3n) is 3.26. The molecule has 4 heteroatoms. The Hall–Kier alpha value is -2.20. The lowest BCUT2D eigenvalue weighted by atomic mass is 10.1. The van der Waals surface area contributed by atoms with Crippen LogP contribution in [0.3, 0.4) is 0 Å². The predicted octanol–water partition coefficient (Wildman–Crippen LogP) is 3.55. The predicted molar refractivity (Wildman–Crippen MR) is 86.2 cm³/mol. The van der Waals surface area contributed by atoms with Gasteiger partial charge in [0.15, 0.2) is 0 Å². The van der Waals surface area contributed by atoms with E-state index in [4.69, 9.17) is 0 Å². The molecule has 0 saturated heterocycles. The molecule has 2 aromatic carbocycles. The van der Waals surface area contributed by atoms with Gasteiger partial charge in [-0.15, -0.1) is 11.3 Å². The van der Waals surface area contributed by atoms with Crippen molar-refractivity contribution in [2.75, 3.05) is 0 Å². The molecule has 1 amide bonds. The standard InChI is InChI=1S/C17H16N2OS/c20-16(11-10-13-6-2-1-3-7-13)18-12-17-19-14-8-4-5-9-15(14)21-17/h1-9H,10-12H2,(H,18,20). The molecule has 3 aromatic rings. The highest BCUT2D eigenvalue weighted by Gasteiger charge is 2.06. The Bertz CT molecular complexity index is 704. The van der Waals surface area contributed by atoms with Gasteiger partial charge < -0.3 is 5.32 Å². The number of benzene rings is 2. The average Bonchev–Trinajstić information content (AvgIpc) is 2.95. The summed E-state index contributed by atoms with van der Waals surface area (Å²) in [5, 5.41) is 3.89. The lowest BCUT2D eigenvalue weighted by molar-refractivity contribution is -0.121. The number of thiazole rings is 1. The van der Waals surface area contributed by atoms with Gasteiger partial charge in [0.05, 0.1) is 16.8 Å². The lowest BCUT2D eigenvalue weighted by Gasteiger charge is -2.03. The van der Waals surface area contributed by atoms with Crippen LogP contribution in [0.25, 0.3) is 10.2 Å². The minimum Gasteiger partial charge on any atom is -0.350 e. The van der Waals surface area contributed by atoms with Crippen molar-refractivity contribution in [3.63, 3.8) is 0 Å². The van der Waals surface area contributed by atoms with Crippen LogP contribution in [0.5, 0.6) is 0 Å². The topological polar surface area (TPSA) is 42.0 Å². The normalized spacial score (nSPS) is 10.7. The molecule has 0 radical (unpaired) electrons. The van der Waals surface area contributed by atoms with Gasteiger partial charge in [-0.1, -0.05) is 42.5 Å². The van der Waals surface area contributed by atoms with E-state index >= 15 is 0 Å². The maximum atomic E-state index is 11.9. The molecule has 0 aliphatic carbocycles. The number of rotatable bonds is 5. The summed E-state index contributed by atoms with van der Waals surface area (Å²) in [7, 11) is 0. The van der Waals surface area contributed by atoms with Crippen LogP contribution in [0.4, 0.5) is 0 Å². The Morgan fingerprint density at radius 2 is 1.81 bits per heavy atom. The van der Waals surface area contributed by atoms with Crippen molar-refractivity contribution in [1.82, 2.24) is 10.3 Å². The molecule has 106 valence electrons. The SMILES string of the molecule is O=C(CCc1ccccc1)NCc1nc2ccccc2s1. The van der Waals surface area contributed by atoms with E-state index < -0.39 is 0 Å². The van der Waals surface area contributed by atoms with Gasteiger partial charge in [0.2, 0.25) is 5.91 Å². The van der Waals surface area contributed by atoms with E-state index in [0.717, 1.165) is 21.6 Å². The summed E-state index contributed by atoms with van der Waals surface area (Å²) in [4.78, 5) is 16.4. The first-order valence-electron chi connectivity index (χ1n) is 6.96. The van der Waals surface area contributed by atoms with Crippen LogP contribution in [0.2, 0.25) is 0 Å². The summed E-state index contributed by atoms with van der Waals surface area (Å²) in [5.74, 6) is 0.0677. The van der Waals surface area contributed by atoms with Crippen molar-refractivity contribution in [1.29, 1.82) is 0 Å². The largest absolute Gasteiger partial charge is 0.350 e. The van der Waals surface area contributed by atoms with E-state index in [1.54, 1.807) is 11.3 Å². The van der Waals surface area contributed by atoms with Crippen molar-refractivity contribution in [3.05, 3.63) is 65.2 Å². The van der Waals surface area contributed by atoms with Gasteiger partial charge in [-0.05, 0) is 24.1 Å². The number of aryl methyl sites for hydroxylation is 1. The minimum absolute atomic E-state index is 0.0677. The maximum Gasteiger partial charge on any atom is 0.220 e. The van der Waals surface area contributed by atoms with Crippen molar-refractivity contribution in [2.45, 2.75) is 19.4 Å². The van der Waals surface area contributed by atoms with Crippen LogP contribution in [-0.4, -0.2) is 10.9 Å². The van der Waals surface area contributed by atoms with Crippen LogP contribution in [0.15, 0.2) is 54.6 Å². The first-order chi connectivity index (χ1) is 10.3. The second-order valence-electron chi connectivity index (χ2n) is 4.84. The molecule has 0 aliphatic rings. The number of fused-ring (bicyclic) bond motifs is 1. The molecular formula is C17H16N2OS. The first kappa shape index (κ1) is 13.8. The second kappa shape index (κ2) is 6.50. The summed E-state index contributed by atoms with van der Waals surface area (Å²) in [6.07, 6.45) is 1.28. The van der Waals surface area contributed by atoms with E-state index in [9.17, 15) is 4.79 Å².